The zero-order valence-electron chi connectivity index (χ0n) is 12.4. The van der Waals surface area contributed by atoms with Crippen LogP contribution in [0.1, 0.15) is 25.8 Å². The van der Waals surface area contributed by atoms with Crippen LogP contribution in [0.15, 0.2) is 24.3 Å². The lowest BCUT2D eigenvalue weighted by molar-refractivity contribution is -0.122. The monoisotopic (exact) mass is 297 g/mol. The average Bonchev–Trinajstić information content (AvgIpc) is 2.37. The van der Waals surface area contributed by atoms with Gasteiger partial charge in [-0.05, 0) is 38.6 Å². The van der Waals surface area contributed by atoms with Gasteiger partial charge in [-0.25, -0.2) is 0 Å². The zero-order chi connectivity index (χ0) is 15.1. The number of halogens is 1. The number of carbonyl (C=O) groups is 1. The summed E-state index contributed by atoms with van der Waals surface area (Å²) in [6.45, 7) is 5.10. The van der Waals surface area contributed by atoms with Crippen LogP contribution in [0.3, 0.4) is 0 Å². The maximum atomic E-state index is 11.8. The van der Waals surface area contributed by atoms with Gasteiger partial charge in [-0.1, -0.05) is 23.7 Å². The van der Waals surface area contributed by atoms with Crippen molar-refractivity contribution in [3.8, 4) is 0 Å². The Balaban J connectivity index is 2.55. The molecule has 0 heterocycles. The maximum Gasteiger partial charge on any atom is 0.221 e. The Morgan fingerprint density at radius 2 is 1.95 bits per heavy atom. The molecule has 0 radical (unpaired) electrons. The molecule has 20 heavy (non-hydrogen) atoms. The van der Waals surface area contributed by atoms with Crippen LogP contribution in [0, 0.1) is 0 Å². The molecule has 0 aliphatic heterocycles. The van der Waals surface area contributed by atoms with E-state index in [1.165, 1.54) is 0 Å². The smallest absolute Gasteiger partial charge is 0.221 e. The number of benzene rings is 1. The molecule has 0 aliphatic carbocycles. The van der Waals surface area contributed by atoms with Crippen molar-refractivity contribution in [2.45, 2.75) is 38.9 Å². The lowest BCUT2D eigenvalue weighted by atomic mass is 10.1. The summed E-state index contributed by atoms with van der Waals surface area (Å²) in [5.74, 6) is 0.0402. The first-order valence-electron chi connectivity index (χ1n) is 6.86. The van der Waals surface area contributed by atoms with E-state index in [-0.39, 0.29) is 18.0 Å². The van der Waals surface area contributed by atoms with E-state index >= 15 is 0 Å². The van der Waals surface area contributed by atoms with E-state index < -0.39 is 0 Å². The fourth-order valence-electron chi connectivity index (χ4n) is 2.02. The average molecular weight is 298 g/mol. The second-order valence-corrected chi connectivity index (χ2v) is 5.79. The molecule has 4 nitrogen and oxygen atoms in total. The molecule has 0 fully saturated rings. The van der Waals surface area contributed by atoms with Crippen molar-refractivity contribution in [2.75, 3.05) is 13.6 Å². The fraction of sp³-hybridized carbons (Fsp3) is 0.533. The summed E-state index contributed by atoms with van der Waals surface area (Å²) in [6, 6.07) is 7.90. The highest BCUT2D eigenvalue weighted by atomic mass is 35.5. The van der Waals surface area contributed by atoms with Crippen molar-refractivity contribution in [2.24, 2.45) is 5.73 Å². The first-order chi connectivity index (χ1) is 9.42. The van der Waals surface area contributed by atoms with Gasteiger partial charge in [0.2, 0.25) is 5.91 Å². The van der Waals surface area contributed by atoms with Gasteiger partial charge in [0.15, 0.2) is 0 Å². The number of nitrogens with two attached hydrogens (primary N) is 1. The summed E-state index contributed by atoms with van der Waals surface area (Å²) in [5.41, 5.74) is 6.94. The molecule has 1 unspecified atom stereocenters. The number of carbonyl (C=O) groups excluding carboxylic acids is 1. The first-order valence-corrected chi connectivity index (χ1v) is 7.24. The summed E-state index contributed by atoms with van der Waals surface area (Å²) in [6.07, 6.45) is 0.415. The molecule has 0 saturated carbocycles. The van der Waals surface area contributed by atoms with E-state index in [9.17, 15) is 4.79 Å². The van der Waals surface area contributed by atoms with Crippen LogP contribution >= 0.6 is 11.6 Å². The minimum atomic E-state index is 0.0319. The highest BCUT2D eigenvalue weighted by molar-refractivity contribution is 6.30. The quantitative estimate of drug-likeness (QED) is 0.809. The molecule has 1 aromatic rings. The molecule has 0 saturated heterocycles. The fourth-order valence-corrected chi connectivity index (χ4v) is 2.15. The van der Waals surface area contributed by atoms with E-state index in [1.807, 2.05) is 45.2 Å². The molecular formula is C15H24ClN3O. The predicted molar refractivity (Wildman–Crippen MR) is 83.7 cm³/mol. The van der Waals surface area contributed by atoms with E-state index in [0.717, 1.165) is 17.1 Å². The molecule has 1 rings (SSSR count). The SMILES string of the molecule is CC(C)NC(=O)CC(CN)N(C)Cc1ccc(Cl)cc1. The van der Waals surface area contributed by atoms with E-state index in [2.05, 4.69) is 10.2 Å². The van der Waals surface area contributed by atoms with Crippen molar-refractivity contribution < 1.29 is 4.79 Å². The number of nitrogens with zero attached hydrogens (tertiary/aromatic N) is 1. The van der Waals surface area contributed by atoms with Gasteiger partial charge >= 0.3 is 0 Å². The first kappa shape index (κ1) is 17.0. The van der Waals surface area contributed by atoms with Crippen LogP contribution in [0.5, 0.6) is 0 Å². The maximum absolute atomic E-state index is 11.8. The predicted octanol–water partition coefficient (Wildman–Crippen LogP) is 2.01. The molecule has 0 aromatic heterocycles. The van der Waals surface area contributed by atoms with Crippen molar-refractivity contribution in [3.05, 3.63) is 34.9 Å². The summed E-state index contributed by atoms with van der Waals surface area (Å²) in [5, 5.41) is 3.62. The Morgan fingerprint density at radius 3 is 2.45 bits per heavy atom. The Labute approximate surface area is 126 Å². The number of likely N-dealkylation sites (N-methyl/N-ethyl adjacent to an activating group) is 1. The van der Waals surface area contributed by atoms with Crippen molar-refractivity contribution in [3.63, 3.8) is 0 Å². The molecule has 5 heteroatoms. The number of amides is 1. The Hall–Kier alpha value is -1.10. The highest BCUT2D eigenvalue weighted by Gasteiger charge is 2.17. The number of hydrogen-bond acceptors (Lipinski definition) is 3. The van der Waals surface area contributed by atoms with Crippen LogP contribution in [-0.2, 0) is 11.3 Å². The molecule has 0 spiro atoms. The normalized spacial score (nSPS) is 12.8. The largest absolute Gasteiger partial charge is 0.354 e. The Bertz CT molecular complexity index is 420. The van der Waals surface area contributed by atoms with E-state index in [1.54, 1.807) is 0 Å². The van der Waals surface area contributed by atoms with Crippen molar-refractivity contribution in [1.29, 1.82) is 0 Å². The summed E-state index contributed by atoms with van der Waals surface area (Å²) in [4.78, 5) is 13.9. The van der Waals surface area contributed by atoms with Gasteiger partial charge in [-0.3, -0.25) is 9.69 Å². The third-order valence-corrected chi connectivity index (χ3v) is 3.36. The van der Waals surface area contributed by atoms with Crippen LogP contribution in [0.2, 0.25) is 5.02 Å². The lowest BCUT2D eigenvalue weighted by Crippen LogP contribution is -2.42. The number of rotatable bonds is 7. The van der Waals surface area contributed by atoms with Gasteiger partial charge in [0.1, 0.15) is 0 Å². The second-order valence-electron chi connectivity index (χ2n) is 5.36. The number of nitrogens with one attached hydrogen (secondary N) is 1. The summed E-state index contributed by atoms with van der Waals surface area (Å²) < 4.78 is 0. The molecule has 0 aliphatic rings. The number of hydrogen-bond donors (Lipinski definition) is 2. The van der Waals surface area contributed by atoms with Crippen LogP contribution in [-0.4, -0.2) is 36.5 Å². The molecule has 1 amide bonds. The van der Waals surface area contributed by atoms with Crippen LogP contribution in [0.4, 0.5) is 0 Å². The van der Waals surface area contributed by atoms with E-state index in [4.69, 9.17) is 17.3 Å². The molecule has 1 aromatic carbocycles. The Kier molecular flexibility index (Phi) is 6.99. The van der Waals surface area contributed by atoms with Gasteiger partial charge < -0.3 is 11.1 Å². The van der Waals surface area contributed by atoms with Crippen molar-refractivity contribution >= 4 is 17.5 Å². The highest BCUT2D eigenvalue weighted by Crippen LogP contribution is 2.12. The Morgan fingerprint density at radius 1 is 1.35 bits per heavy atom. The molecule has 1 atom stereocenters. The minimum Gasteiger partial charge on any atom is -0.354 e. The van der Waals surface area contributed by atoms with Crippen molar-refractivity contribution in [1.82, 2.24) is 10.2 Å². The topological polar surface area (TPSA) is 58.4 Å². The third kappa shape index (κ3) is 5.90. The molecule has 0 bridgehead atoms. The summed E-state index contributed by atoms with van der Waals surface area (Å²) in [7, 11) is 1.98. The van der Waals surface area contributed by atoms with Crippen LogP contribution < -0.4 is 11.1 Å². The van der Waals surface area contributed by atoms with Gasteiger partial charge in [0.05, 0.1) is 0 Å². The standard InChI is InChI=1S/C15H24ClN3O/c1-11(2)18-15(20)8-14(9-17)19(3)10-12-4-6-13(16)7-5-12/h4-7,11,14H,8-10,17H2,1-3H3,(H,18,20). The van der Waals surface area contributed by atoms with Crippen LogP contribution in [0.25, 0.3) is 0 Å². The summed E-state index contributed by atoms with van der Waals surface area (Å²) >= 11 is 5.87. The third-order valence-electron chi connectivity index (χ3n) is 3.11. The zero-order valence-corrected chi connectivity index (χ0v) is 13.2. The van der Waals surface area contributed by atoms with Gasteiger partial charge in [0, 0.05) is 36.6 Å². The minimum absolute atomic E-state index is 0.0319. The van der Waals surface area contributed by atoms with Gasteiger partial charge in [-0.2, -0.15) is 0 Å². The molecular weight excluding hydrogens is 274 g/mol. The van der Waals surface area contributed by atoms with Gasteiger partial charge in [0.25, 0.3) is 0 Å². The lowest BCUT2D eigenvalue weighted by Gasteiger charge is -2.27. The molecule has 112 valence electrons. The van der Waals surface area contributed by atoms with E-state index in [0.29, 0.717) is 13.0 Å². The molecule has 3 N–H and O–H groups in total. The second kappa shape index (κ2) is 8.25. The van der Waals surface area contributed by atoms with Gasteiger partial charge in [-0.15, -0.1) is 0 Å².